The number of hydrogen-bond donors (Lipinski definition) is 1. The van der Waals surface area contributed by atoms with E-state index in [4.69, 9.17) is 23.7 Å². The second-order valence-electron chi connectivity index (χ2n) is 8.72. The summed E-state index contributed by atoms with van der Waals surface area (Å²) < 4.78 is 27.6. The minimum Gasteiger partial charge on any atom is -0.486 e. The number of benzene rings is 2. The minimum atomic E-state index is -0.869. The van der Waals surface area contributed by atoms with Crippen molar-refractivity contribution in [3.63, 3.8) is 0 Å². The molecule has 0 saturated carbocycles. The molecule has 0 aromatic heterocycles. The molecule has 0 unspecified atom stereocenters. The van der Waals surface area contributed by atoms with Gasteiger partial charge in [-0.1, -0.05) is 42.5 Å². The molecule has 1 amide bonds. The van der Waals surface area contributed by atoms with Gasteiger partial charge in [-0.3, -0.25) is 0 Å². The van der Waals surface area contributed by atoms with Crippen LogP contribution in [0.2, 0.25) is 0 Å². The van der Waals surface area contributed by atoms with E-state index in [1.54, 1.807) is 32.9 Å². The van der Waals surface area contributed by atoms with E-state index in [0.29, 0.717) is 19.0 Å². The third-order valence-corrected chi connectivity index (χ3v) is 4.78. The highest BCUT2D eigenvalue weighted by Gasteiger charge is 2.26. The Morgan fingerprint density at radius 2 is 1.67 bits per heavy atom. The summed E-state index contributed by atoms with van der Waals surface area (Å²) in [5.74, 6) is 0.106. The average molecular weight is 458 g/mol. The lowest BCUT2D eigenvalue weighted by Gasteiger charge is -2.30. The molecule has 0 radical (unpaired) electrons. The van der Waals surface area contributed by atoms with E-state index in [0.717, 1.165) is 11.1 Å². The topological polar surface area (TPSA) is 92.3 Å². The van der Waals surface area contributed by atoms with Crippen molar-refractivity contribution in [1.29, 1.82) is 0 Å². The standard InChI is InChI=1S/C25H31NO7/c1-25(2,3)33-24(28)26-21(22(27)29-4)14-17-10-12-19(13-11-17)32-20-15-30-23(31-16-20)18-8-6-5-7-9-18/h5-13,20-21,23H,14-16H2,1-4H3,(H,26,28)/t20-,21-,23+/m0/s1. The third-order valence-electron chi connectivity index (χ3n) is 4.78. The van der Waals surface area contributed by atoms with E-state index in [-0.39, 0.29) is 18.8 Å². The smallest absolute Gasteiger partial charge is 0.408 e. The molecule has 1 fully saturated rings. The molecule has 0 bridgehead atoms. The van der Waals surface area contributed by atoms with Crippen LogP contribution in [0.4, 0.5) is 4.79 Å². The largest absolute Gasteiger partial charge is 0.486 e. The Morgan fingerprint density at radius 1 is 1.03 bits per heavy atom. The van der Waals surface area contributed by atoms with Gasteiger partial charge in [0.15, 0.2) is 6.29 Å². The van der Waals surface area contributed by atoms with Crippen molar-refractivity contribution < 1.29 is 33.3 Å². The number of amides is 1. The van der Waals surface area contributed by atoms with Crippen molar-refractivity contribution in [3.8, 4) is 5.75 Å². The number of hydrogen-bond acceptors (Lipinski definition) is 7. The maximum atomic E-state index is 12.1. The third kappa shape index (κ3) is 7.76. The normalized spacial score (nSPS) is 19.3. The van der Waals surface area contributed by atoms with Gasteiger partial charge in [-0.2, -0.15) is 0 Å². The summed E-state index contributed by atoms with van der Waals surface area (Å²) in [6.07, 6.45) is -1.04. The van der Waals surface area contributed by atoms with E-state index < -0.39 is 23.7 Å². The van der Waals surface area contributed by atoms with E-state index in [1.807, 2.05) is 42.5 Å². The van der Waals surface area contributed by atoms with Crippen LogP contribution in [0.3, 0.4) is 0 Å². The van der Waals surface area contributed by atoms with Gasteiger partial charge in [-0.05, 0) is 38.5 Å². The van der Waals surface area contributed by atoms with Gasteiger partial charge in [0.05, 0.1) is 20.3 Å². The van der Waals surface area contributed by atoms with E-state index >= 15 is 0 Å². The van der Waals surface area contributed by atoms with Gasteiger partial charge in [0.25, 0.3) is 0 Å². The number of carbonyl (C=O) groups is 2. The molecule has 8 nitrogen and oxygen atoms in total. The van der Waals surface area contributed by atoms with Crippen LogP contribution >= 0.6 is 0 Å². The first kappa shape index (κ1) is 24.5. The number of carbonyl (C=O) groups excluding carboxylic acids is 2. The Morgan fingerprint density at radius 3 is 2.24 bits per heavy atom. The van der Waals surface area contributed by atoms with Crippen LogP contribution in [0.15, 0.2) is 54.6 Å². The Hall–Kier alpha value is -3.10. The SMILES string of the molecule is COC(=O)[C@H](Cc1ccc(O[C@H]2CO[C@@H](c3ccccc3)OC2)cc1)NC(=O)OC(C)(C)C. The molecular weight excluding hydrogens is 426 g/mol. The zero-order valence-corrected chi connectivity index (χ0v) is 19.4. The zero-order chi connectivity index (χ0) is 23.8. The maximum Gasteiger partial charge on any atom is 0.408 e. The number of esters is 1. The fraction of sp³-hybridized carbons (Fsp3) is 0.440. The summed E-state index contributed by atoms with van der Waals surface area (Å²) in [6, 6.07) is 16.2. The van der Waals surface area contributed by atoms with Gasteiger partial charge in [-0.15, -0.1) is 0 Å². The molecule has 0 aliphatic carbocycles. The lowest BCUT2D eigenvalue weighted by molar-refractivity contribution is -0.215. The van der Waals surface area contributed by atoms with E-state index in [9.17, 15) is 9.59 Å². The van der Waals surface area contributed by atoms with Crippen molar-refractivity contribution >= 4 is 12.1 Å². The summed E-state index contributed by atoms with van der Waals surface area (Å²) in [6.45, 7) is 6.07. The molecule has 2 aromatic rings. The zero-order valence-electron chi connectivity index (χ0n) is 19.4. The first-order chi connectivity index (χ1) is 15.7. The van der Waals surface area contributed by atoms with Crippen LogP contribution in [-0.2, 0) is 30.2 Å². The van der Waals surface area contributed by atoms with Crippen molar-refractivity contribution in [3.05, 3.63) is 65.7 Å². The van der Waals surface area contributed by atoms with Crippen LogP contribution in [0.25, 0.3) is 0 Å². The predicted octanol–water partition coefficient (Wildman–Crippen LogP) is 3.79. The second kappa shape index (κ2) is 11.2. The fourth-order valence-corrected chi connectivity index (χ4v) is 3.27. The van der Waals surface area contributed by atoms with Gasteiger partial charge in [0, 0.05) is 12.0 Å². The Bertz CT molecular complexity index is 901. The minimum absolute atomic E-state index is 0.229. The molecule has 3 rings (SSSR count). The fourth-order valence-electron chi connectivity index (χ4n) is 3.27. The number of rotatable bonds is 7. The Balaban J connectivity index is 1.52. The van der Waals surface area contributed by atoms with Crippen molar-refractivity contribution in [2.45, 2.75) is 51.2 Å². The van der Waals surface area contributed by atoms with Gasteiger partial charge in [0.1, 0.15) is 23.5 Å². The molecule has 0 spiro atoms. The van der Waals surface area contributed by atoms with Crippen LogP contribution in [0.1, 0.15) is 38.2 Å². The molecule has 8 heteroatoms. The number of alkyl carbamates (subject to hydrolysis) is 1. The van der Waals surface area contributed by atoms with Crippen LogP contribution in [0.5, 0.6) is 5.75 Å². The molecule has 2 aromatic carbocycles. The van der Waals surface area contributed by atoms with Gasteiger partial charge in [0.2, 0.25) is 0 Å². The molecule has 1 atom stereocenters. The lowest BCUT2D eigenvalue weighted by atomic mass is 10.1. The molecule has 1 saturated heterocycles. The summed E-state index contributed by atoms with van der Waals surface area (Å²) in [5, 5.41) is 2.57. The molecule has 1 N–H and O–H groups in total. The summed E-state index contributed by atoms with van der Waals surface area (Å²) >= 11 is 0. The quantitative estimate of drug-likeness (QED) is 0.633. The van der Waals surface area contributed by atoms with E-state index in [1.165, 1.54) is 7.11 Å². The molecule has 1 heterocycles. The molecule has 1 aliphatic rings. The summed E-state index contributed by atoms with van der Waals surface area (Å²) in [4.78, 5) is 24.2. The highest BCUT2D eigenvalue weighted by atomic mass is 16.7. The first-order valence-electron chi connectivity index (χ1n) is 10.8. The van der Waals surface area contributed by atoms with Crippen LogP contribution in [-0.4, -0.2) is 50.1 Å². The maximum absolute atomic E-state index is 12.1. The highest BCUT2D eigenvalue weighted by molar-refractivity contribution is 5.81. The first-order valence-corrected chi connectivity index (χ1v) is 10.8. The number of nitrogens with one attached hydrogen (secondary N) is 1. The number of ether oxygens (including phenoxy) is 5. The Labute approximate surface area is 194 Å². The molecule has 178 valence electrons. The molecular formula is C25H31NO7. The molecule has 33 heavy (non-hydrogen) atoms. The monoisotopic (exact) mass is 457 g/mol. The van der Waals surface area contributed by atoms with Crippen molar-refractivity contribution in [2.75, 3.05) is 20.3 Å². The highest BCUT2D eigenvalue weighted by Crippen LogP contribution is 2.25. The summed E-state index contributed by atoms with van der Waals surface area (Å²) in [7, 11) is 1.28. The van der Waals surface area contributed by atoms with Crippen LogP contribution in [0, 0.1) is 0 Å². The van der Waals surface area contributed by atoms with Gasteiger partial charge in [-0.25, -0.2) is 9.59 Å². The van der Waals surface area contributed by atoms with Gasteiger partial charge >= 0.3 is 12.1 Å². The van der Waals surface area contributed by atoms with Crippen molar-refractivity contribution in [1.82, 2.24) is 5.32 Å². The number of methoxy groups -OCH3 is 1. The van der Waals surface area contributed by atoms with Crippen molar-refractivity contribution in [2.24, 2.45) is 0 Å². The predicted molar refractivity (Wildman–Crippen MR) is 121 cm³/mol. The lowest BCUT2D eigenvalue weighted by Crippen LogP contribution is -2.45. The van der Waals surface area contributed by atoms with Crippen LogP contribution < -0.4 is 10.1 Å². The van der Waals surface area contributed by atoms with Gasteiger partial charge < -0.3 is 29.0 Å². The average Bonchev–Trinajstić information content (AvgIpc) is 2.79. The van der Waals surface area contributed by atoms with E-state index in [2.05, 4.69) is 5.32 Å². The Kier molecular flexibility index (Phi) is 8.30. The summed E-state index contributed by atoms with van der Waals surface area (Å²) in [5.41, 5.74) is 1.13. The molecule has 1 aliphatic heterocycles. The second-order valence-corrected chi connectivity index (χ2v) is 8.72.